The Morgan fingerprint density at radius 2 is 1.90 bits per heavy atom. The highest BCUT2D eigenvalue weighted by molar-refractivity contribution is 5.49. The molecule has 0 saturated heterocycles. The molecule has 20 heavy (non-hydrogen) atoms. The van der Waals surface area contributed by atoms with Gasteiger partial charge in [-0.1, -0.05) is 24.3 Å². The molecule has 2 aromatic rings. The maximum atomic E-state index is 13.7. The molecule has 1 N–H and O–H groups in total. The molecule has 5 heteroatoms. The molecule has 1 aliphatic rings. The van der Waals surface area contributed by atoms with E-state index < -0.39 is 17.5 Å². The van der Waals surface area contributed by atoms with Crippen LogP contribution in [0.1, 0.15) is 17.2 Å². The molecule has 0 amide bonds. The minimum Gasteiger partial charge on any atom is -0.374 e. The lowest BCUT2D eigenvalue weighted by atomic mass is 9.99. The first-order chi connectivity index (χ1) is 9.65. The third-order valence-corrected chi connectivity index (χ3v) is 3.30. The SMILES string of the molecule is Fc1cc(F)c(F)c(NC2COCc3ccccc32)c1. The molecule has 0 spiro atoms. The van der Waals surface area contributed by atoms with Crippen molar-refractivity contribution in [1.82, 2.24) is 0 Å². The molecular weight excluding hydrogens is 267 g/mol. The zero-order valence-electron chi connectivity index (χ0n) is 10.5. The van der Waals surface area contributed by atoms with Crippen LogP contribution in [0.25, 0.3) is 0 Å². The highest BCUT2D eigenvalue weighted by Crippen LogP contribution is 2.29. The van der Waals surface area contributed by atoms with Crippen LogP contribution in [0.3, 0.4) is 0 Å². The number of rotatable bonds is 2. The van der Waals surface area contributed by atoms with E-state index in [-0.39, 0.29) is 11.7 Å². The monoisotopic (exact) mass is 279 g/mol. The van der Waals surface area contributed by atoms with Crippen LogP contribution in [0, 0.1) is 17.5 Å². The zero-order valence-corrected chi connectivity index (χ0v) is 10.5. The molecule has 1 heterocycles. The van der Waals surface area contributed by atoms with Crippen molar-refractivity contribution in [2.45, 2.75) is 12.6 Å². The number of hydrogen-bond donors (Lipinski definition) is 1. The van der Waals surface area contributed by atoms with Crippen molar-refractivity contribution in [3.63, 3.8) is 0 Å². The highest BCUT2D eigenvalue weighted by Gasteiger charge is 2.22. The molecule has 1 aliphatic heterocycles. The largest absolute Gasteiger partial charge is 0.374 e. The first-order valence-electron chi connectivity index (χ1n) is 6.22. The summed E-state index contributed by atoms with van der Waals surface area (Å²) < 4.78 is 45.5. The molecule has 0 aromatic heterocycles. The number of ether oxygens (including phenoxy) is 1. The summed E-state index contributed by atoms with van der Waals surface area (Å²) in [7, 11) is 0. The van der Waals surface area contributed by atoms with Gasteiger partial charge >= 0.3 is 0 Å². The maximum absolute atomic E-state index is 13.7. The fraction of sp³-hybridized carbons (Fsp3) is 0.200. The second-order valence-corrected chi connectivity index (χ2v) is 4.66. The van der Waals surface area contributed by atoms with E-state index in [0.717, 1.165) is 17.2 Å². The molecule has 0 radical (unpaired) electrons. The second kappa shape index (κ2) is 5.17. The van der Waals surface area contributed by atoms with Gasteiger partial charge in [-0.2, -0.15) is 0 Å². The van der Waals surface area contributed by atoms with E-state index in [4.69, 9.17) is 4.74 Å². The van der Waals surface area contributed by atoms with Gasteiger partial charge in [-0.15, -0.1) is 0 Å². The number of hydrogen-bond acceptors (Lipinski definition) is 2. The van der Waals surface area contributed by atoms with Crippen LogP contribution < -0.4 is 5.32 Å². The summed E-state index contributed by atoms with van der Waals surface area (Å²) in [5.74, 6) is -3.12. The number of fused-ring (bicyclic) bond motifs is 1. The Bertz CT molecular complexity index is 645. The van der Waals surface area contributed by atoms with E-state index in [1.807, 2.05) is 24.3 Å². The van der Waals surface area contributed by atoms with Crippen LogP contribution in [-0.4, -0.2) is 6.61 Å². The van der Waals surface area contributed by atoms with Gasteiger partial charge in [0.05, 0.1) is 24.9 Å². The van der Waals surface area contributed by atoms with Gasteiger partial charge in [0.15, 0.2) is 11.6 Å². The molecular formula is C15H12F3NO. The summed E-state index contributed by atoms with van der Waals surface area (Å²) in [6.07, 6.45) is 0. The molecule has 2 aromatic carbocycles. The quantitative estimate of drug-likeness (QED) is 0.844. The average Bonchev–Trinajstić information content (AvgIpc) is 2.44. The van der Waals surface area contributed by atoms with E-state index in [1.165, 1.54) is 0 Å². The van der Waals surface area contributed by atoms with Crippen molar-refractivity contribution >= 4 is 5.69 Å². The van der Waals surface area contributed by atoms with Crippen LogP contribution >= 0.6 is 0 Å². The lowest BCUT2D eigenvalue weighted by Crippen LogP contribution is -2.23. The Labute approximate surface area is 114 Å². The van der Waals surface area contributed by atoms with Crippen LogP contribution in [-0.2, 0) is 11.3 Å². The molecule has 2 nitrogen and oxygen atoms in total. The van der Waals surface area contributed by atoms with Crippen molar-refractivity contribution in [3.8, 4) is 0 Å². The lowest BCUT2D eigenvalue weighted by Gasteiger charge is -2.27. The van der Waals surface area contributed by atoms with E-state index in [0.29, 0.717) is 19.3 Å². The number of halogens is 3. The summed E-state index contributed by atoms with van der Waals surface area (Å²) in [4.78, 5) is 0. The summed E-state index contributed by atoms with van der Waals surface area (Å²) in [6, 6.07) is 8.67. The van der Waals surface area contributed by atoms with Gasteiger partial charge in [-0.3, -0.25) is 0 Å². The molecule has 104 valence electrons. The zero-order chi connectivity index (χ0) is 14.1. The van der Waals surface area contributed by atoms with Gasteiger partial charge in [-0.25, -0.2) is 13.2 Å². The Kier molecular flexibility index (Phi) is 3.36. The van der Waals surface area contributed by atoms with Crippen molar-refractivity contribution in [3.05, 3.63) is 65.0 Å². The minimum atomic E-state index is -1.21. The number of anilines is 1. The predicted octanol–water partition coefficient (Wildman–Crippen LogP) is 3.79. The Morgan fingerprint density at radius 3 is 2.75 bits per heavy atom. The van der Waals surface area contributed by atoms with Gasteiger partial charge in [0.25, 0.3) is 0 Å². The summed E-state index contributed by atoms with van der Waals surface area (Å²) >= 11 is 0. The third-order valence-electron chi connectivity index (χ3n) is 3.30. The fourth-order valence-corrected chi connectivity index (χ4v) is 2.35. The summed E-state index contributed by atoms with van der Waals surface area (Å²) in [5.41, 5.74) is 1.73. The maximum Gasteiger partial charge on any atom is 0.182 e. The van der Waals surface area contributed by atoms with Crippen molar-refractivity contribution in [1.29, 1.82) is 0 Å². The minimum absolute atomic E-state index is 0.201. The van der Waals surface area contributed by atoms with Crippen molar-refractivity contribution < 1.29 is 17.9 Å². The van der Waals surface area contributed by atoms with Gasteiger partial charge in [-0.05, 0) is 11.1 Å². The summed E-state index contributed by atoms with van der Waals surface area (Å²) in [5, 5.41) is 2.81. The van der Waals surface area contributed by atoms with Gasteiger partial charge in [0.2, 0.25) is 0 Å². The Hall–Kier alpha value is -2.01. The predicted molar refractivity (Wildman–Crippen MR) is 68.8 cm³/mol. The van der Waals surface area contributed by atoms with Gasteiger partial charge in [0.1, 0.15) is 5.82 Å². The fourth-order valence-electron chi connectivity index (χ4n) is 2.35. The Balaban J connectivity index is 1.93. The average molecular weight is 279 g/mol. The first kappa shape index (κ1) is 13.0. The van der Waals surface area contributed by atoms with Crippen molar-refractivity contribution in [2.75, 3.05) is 11.9 Å². The van der Waals surface area contributed by atoms with Crippen LogP contribution in [0.5, 0.6) is 0 Å². The highest BCUT2D eigenvalue weighted by atomic mass is 19.2. The molecule has 1 atom stereocenters. The molecule has 0 aliphatic carbocycles. The smallest absolute Gasteiger partial charge is 0.182 e. The normalized spacial score (nSPS) is 17.6. The van der Waals surface area contributed by atoms with Crippen molar-refractivity contribution in [2.24, 2.45) is 0 Å². The molecule has 1 unspecified atom stereocenters. The molecule has 0 saturated carbocycles. The lowest BCUT2D eigenvalue weighted by molar-refractivity contribution is 0.0969. The van der Waals surface area contributed by atoms with E-state index >= 15 is 0 Å². The first-order valence-corrected chi connectivity index (χ1v) is 6.22. The van der Waals surface area contributed by atoms with E-state index in [2.05, 4.69) is 5.32 Å². The Morgan fingerprint density at radius 1 is 1.10 bits per heavy atom. The molecule has 0 bridgehead atoms. The molecule has 0 fully saturated rings. The number of benzene rings is 2. The standard InChI is InChI=1S/C15H12F3NO/c16-10-5-12(17)15(18)13(6-10)19-14-8-20-7-9-3-1-2-4-11(9)14/h1-6,14,19H,7-8H2. The summed E-state index contributed by atoms with van der Waals surface area (Å²) in [6.45, 7) is 0.795. The topological polar surface area (TPSA) is 21.3 Å². The van der Waals surface area contributed by atoms with Crippen LogP contribution in [0.4, 0.5) is 18.9 Å². The van der Waals surface area contributed by atoms with Gasteiger partial charge < -0.3 is 10.1 Å². The van der Waals surface area contributed by atoms with Crippen LogP contribution in [0.2, 0.25) is 0 Å². The molecule has 3 rings (SSSR count). The van der Waals surface area contributed by atoms with E-state index in [1.54, 1.807) is 0 Å². The third kappa shape index (κ3) is 2.36. The van der Waals surface area contributed by atoms with E-state index in [9.17, 15) is 13.2 Å². The van der Waals surface area contributed by atoms with Crippen LogP contribution in [0.15, 0.2) is 36.4 Å². The van der Waals surface area contributed by atoms with Gasteiger partial charge in [0, 0.05) is 12.1 Å². The second-order valence-electron chi connectivity index (χ2n) is 4.66. The number of nitrogens with one attached hydrogen (secondary N) is 1.